The summed E-state index contributed by atoms with van der Waals surface area (Å²) >= 11 is 0. The number of aryl methyl sites for hydroxylation is 1. The molecule has 0 aliphatic rings. The number of halogens is 1. The van der Waals surface area contributed by atoms with Gasteiger partial charge < -0.3 is 0 Å². The van der Waals surface area contributed by atoms with Crippen LogP contribution in [0.2, 0.25) is 0 Å². The van der Waals surface area contributed by atoms with Gasteiger partial charge in [0.25, 0.3) is 0 Å². The van der Waals surface area contributed by atoms with Crippen LogP contribution in [0.1, 0.15) is 15.9 Å². The fourth-order valence-corrected chi connectivity index (χ4v) is 4.06. The molecule has 4 nitrogen and oxygen atoms in total. The van der Waals surface area contributed by atoms with Gasteiger partial charge in [-0.2, -0.15) is 4.31 Å². The second-order valence-electron chi connectivity index (χ2n) is 6.52. The van der Waals surface area contributed by atoms with Crippen molar-refractivity contribution in [1.29, 1.82) is 0 Å². The van der Waals surface area contributed by atoms with Crippen molar-refractivity contribution >= 4 is 15.8 Å². The number of benzene rings is 3. The van der Waals surface area contributed by atoms with Crippen molar-refractivity contribution in [2.45, 2.75) is 11.8 Å². The summed E-state index contributed by atoms with van der Waals surface area (Å²) in [7, 11) is -2.53. The van der Waals surface area contributed by atoms with E-state index in [4.69, 9.17) is 0 Å². The molecule has 0 amide bonds. The number of carbonyl (C=O) groups excluding carboxylic acids is 1. The number of hydrogen-bond donors (Lipinski definition) is 0. The molecule has 3 rings (SSSR count). The third-order valence-electron chi connectivity index (χ3n) is 4.48. The third kappa shape index (κ3) is 4.03. The Labute approximate surface area is 164 Å². The number of sulfonamides is 1. The van der Waals surface area contributed by atoms with Crippen molar-refractivity contribution in [1.82, 2.24) is 4.31 Å². The fourth-order valence-electron chi connectivity index (χ4n) is 2.91. The highest BCUT2D eigenvalue weighted by molar-refractivity contribution is 7.89. The monoisotopic (exact) mass is 397 g/mol. The molecule has 144 valence electrons. The van der Waals surface area contributed by atoms with Crippen molar-refractivity contribution < 1.29 is 17.6 Å². The molecule has 0 heterocycles. The molecule has 0 aliphatic carbocycles. The van der Waals surface area contributed by atoms with E-state index in [1.807, 2.05) is 30.3 Å². The highest BCUT2D eigenvalue weighted by Gasteiger charge is 2.25. The summed E-state index contributed by atoms with van der Waals surface area (Å²) in [5, 5.41) is 0. The largest absolute Gasteiger partial charge is 0.293 e. The van der Waals surface area contributed by atoms with E-state index in [2.05, 4.69) is 0 Å². The van der Waals surface area contributed by atoms with Gasteiger partial charge in [0.2, 0.25) is 10.0 Å². The van der Waals surface area contributed by atoms with Crippen molar-refractivity contribution in [3.63, 3.8) is 0 Å². The predicted molar refractivity (Wildman–Crippen MR) is 107 cm³/mol. The van der Waals surface area contributed by atoms with Crippen LogP contribution >= 0.6 is 0 Å². The molecule has 0 N–H and O–H groups in total. The second-order valence-corrected chi connectivity index (χ2v) is 8.56. The van der Waals surface area contributed by atoms with Crippen molar-refractivity contribution in [3.05, 3.63) is 89.7 Å². The standard InChI is InChI=1S/C22H20FNO3S/c1-16-13-18(17-9-5-3-6-10-17)14-20(22(16)23)21(25)15-24(2)28(26,27)19-11-7-4-8-12-19/h3-14H,15H2,1-2H3. The second kappa shape index (κ2) is 8.04. The minimum absolute atomic E-state index is 0.0833. The molecule has 0 saturated carbocycles. The molecule has 0 fully saturated rings. The van der Waals surface area contributed by atoms with E-state index < -0.39 is 28.2 Å². The van der Waals surface area contributed by atoms with Crippen LogP contribution in [-0.4, -0.2) is 32.1 Å². The zero-order chi connectivity index (χ0) is 20.3. The Kier molecular flexibility index (Phi) is 5.72. The van der Waals surface area contributed by atoms with Gasteiger partial charge in [-0.25, -0.2) is 12.8 Å². The molecule has 0 radical (unpaired) electrons. The summed E-state index contributed by atoms with van der Waals surface area (Å²) in [5.41, 5.74) is 1.77. The Morgan fingerprint density at radius 2 is 1.50 bits per heavy atom. The van der Waals surface area contributed by atoms with Crippen LogP contribution in [0.15, 0.2) is 77.7 Å². The van der Waals surface area contributed by atoms with Crippen molar-refractivity contribution in [2.24, 2.45) is 0 Å². The Balaban J connectivity index is 1.91. The third-order valence-corrected chi connectivity index (χ3v) is 6.30. The molecule has 28 heavy (non-hydrogen) atoms. The van der Waals surface area contributed by atoms with E-state index in [1.54, 1.807) is 31.2 Å². The van der Waals surface area contributed by atoms with Crippen molar-refractivity contribution in [3.8, 4) is 11.1 Å². The maximum atomic E-state index is 14.6. The average molecular weight is 397 g/mol. The number of carbonyl (C=O) groups is 1. The summed E-state index contributed by atoms with van der Waals surface area (Å²) in [6.45, 7) is 1.13. The Bertz CT molecular complexity index is 1100. The first kappa shape index (κ1) is 19.9. The summed E-state index contributed by atoms with van der Waals surface area (Å²) in [4.78, 5) is 12.8. The van der Waals surface area contributed by atoms with Gasteiger partial charge in [-0.05, 0) is 47.9 Å². The van der Waals surface area contributed by atoms with E-state index in [9.17, 15) is 17.6 Å². The van der Waals surface area contributed by atoms with Crippen LogP contribution in [0.25, 0.3) is 11.1 Å². The lowest BCUT2D eigenvalue weighted by Crippen LogP contribution is -2.32. The van der Waals surface area contributed by atoms with Gasteiger partial charge in [0, 0.05) is 7.05 Å². The SMILES string of the molecule is Cc1cc(-c2ccccc2)cc(C(=O)CN(C)S(=O)(=O)c2ccccc2)c1F. The maximum absolute atomic E-state index is 14.6. The summed E-state index contributed by atoms with van der Waals surface area (Å²) in [5.74, 6) is -1.23. The molecule has 3 aromatic rings. The number of nitrogens with zero attached hydrogens (tertiary/aromatic N) is 1. The van der Waals surface area contributed by atoms with Crippen LogP contribution in [0, 0.1) is 12.7 Å². The van der Waals surface area contributed by atoms with Gasteiger partial charge in [-0.1, -0.05) is 48.5 Å². The van der Waals surface area contributed by atoms with E-state index >= 15 is 0 Å². The topological polar surface area (TPSA) is 54.5 Å². The van der Waals surface area contributed by atoms with Crippen LogP contribution in [-0.2, 0) is 10.0 Å². The molecule has 0 spiro atoms. The molecule has 0 aliphatic heterocycles. The van der Waals surface area contributed by atoms with E-state index in [-0.39, 0.29) is 10.5 Å². The number of ketones is 1. The van der Waals surface area contributed by atoms with Crippen LogP contribution in [0.5, 0.6) is 0 Å². The predicted octanol–water partition coefficient (Wildman–Crippen LogP) is 4.30. The lowest BCUT2D eigenvalue weighted by molar-refractivity contribution is 0.0969. The van der Waals surface area contributed by atoms with Crippen molar-refractivity contribution in [2.75, 3.05) is 13.6 Å². The van der Waals surface area contributed by atoms with E-state index in [1.165, 1.54) is 25.2 Å². The first-order valence-electron chi connectivity index (χ1n) is 8.71. The molecule has 3 aromatic carbocycles. The van der Waals surface area contributed by atoms with Gasteiger partial charge in [0.05, 0.1) is 17.0 Å². The smallest absolute Gasteiger partial charge is 0.243 e. The van der Waals surface area contributed by atoms with Gasteiger partial charge in [-0.3, -0.25) is 4.79 Å². The fraction of sp³-hybridized carbons (Fsp3) is 0.136. The van der Waals surface area contributed by atoms with Gasteiger partial charge in [0.15, 0.2) is 5.78 Å². The Morgan fingerprint density at radius 3 is 2.11 bits per heavy atom. The molecule has 0 aromatic heterocycles. The molecule has 0 unspecified atom stereocenters. The minimum Gasteiger partial charge on any atom is -0.293 e. The lowest BCUT2D eigenvalue weighted by atomic mass is 9.97. The maximum Gasteiger partial charge on any atom is 0.243 e. The van der Waals surface area contributed by atoms with E-state index in [0.29, 0.717) is 11.1 Å². The minimum atomic E-state index is -3.84. The molecule has 0 saturated heterocycles. The molecule has 6 heteroatoms. The molecular formula is C22H20FNO3S. The van der Waals surface area contributed by atoms with Gasteiger partial charge >= 0.3 is 0 Å². The molecule has 0 atom stereocenters. The highest BCUT2D eigenvalue weighted by atomic mass is 32.2. The van der Waals surface area contributed by atoms with Gasteiger partial charge in [-0.15, -0.1) is 0 Å². The number of likely N-dealkylation sites (N-methyl/N-ethyl adjacent to an activating group) is 1. The zero-order valence-corrected chi connectivity index (χ0v) is 16.4. The summed E-state index contributed by atoms with van der Waals surface area (Å²) in [6, 6.07) is 20.3. The van der Waals surface area contributed by atoms with E-state index in [0.717, 1.165) is 9.87 Å². The normalized spacial score (nSPS) is 11.6. The Hall–Kier alpha value is -2.83. The Morgan fingerprint density at radius 1 is 0.929 bits per heavy atom. The summed E-state index contributed by atoms with van der Waals surface area (Å²) < 4.78 is 40.8. The lowest BCUT2D eigenvalue weighted by Gasteiger charge is -2.17. The summed E-state index contributed by atoms with van der Waals surface area (Å²) in [6.07, 6.45) is 0. The number of hydrogen-bond acceptors (Lipinski definition) is 3. The number of rotatable bonds is 6. The first-order valence-corrected chi connectivity index (χ1v) is 10.1. The number of Topliss-reactive ketones (excluding diaryl/α,β-unsaturated/α-hetero) is 1. The first-order chi connectivity index (χ1) is 13.3. The quantitative estimate of drug-likeness (QED) is 0.583. The molecule has 0 bridgehead atoms. The average Bonchev–Trinajstić information content (AvgIpc) is 2.71. The van der Waals surface area contributed by atoms with Gasteiger partial charge in [0.1, 0.15) is 5.82 Å². The van der Waals surface area contributed by atoms with Crippen LogP contribution < -0.4 is 0 Å². The van der Waals surface area contributed by atoms with Crippen LogP contribution in [0.3, 0.4) is 0 Å². The highest BCUT2D eigenvalue weighted by Crippen LogP contribution is 2.25. The molecular weight excluding hydrogens is 377 g/mol. The zero-order valence-electron chi connectivity index (χ0n) is 15.6. The van der Waals surface area contributed by atoms with Crippen LogP contribution in [0.4, 0.5) is 4.39 Å².